The molecule has 0 spiro atoms. The summed E-state index contributed by atoms with van der Waals surface area (Å²) in [6.07, 6.45) is 3.73. The molecule has 17 heavy (non-hydrogen) atoms. The molecule has 0 aliphatic carbocycles. The van der Waals surface area contributed by atoms with Gasteiger partial charge in [-0.2, -0.15) is 0 Å². The van der Waals surface area contributed by atoms with E-state index in [1.165, 1.54) is 0 Å². The summed E-state index contributed by atoms with van der Waals surface area (Å²) >= 11 is 0. The van der Waals surface area contributed by atoms with Gasteiger partial charge in [-0.1, -0.05) is 40.0 Å². The maximum absolute atomic E-state index is 10.3. The molecule has 1 atom stereocenters. The molecule has 102 valence electrons. The van der Waals surface area contributed by atoms with Gasteiger partial charge in [0.1, 0.15) is 0 Å². The molecular weight excluding hydrogens is 248 g/mol. The third-order valence-corrected chi connectivity index (χ3v) is 10.1. The number of aliphatic hydroxyl groups excluding tert-OH is 2. The summed E-state index contributed by atoms with van der Waals surface area (Å²) in [7, 11) is -1.53. The average molecular weight is 277 g/mol. The zero-order valence-electron chi connectivity index (χ0n) is 11.5. The Morgan fingerprint density at radius 1 is 1.12 bits per heavy atom. The fourth-order valence-electron chi connectivity index (χ4n) is 2.16. The van der Waals surface area contributed by atoms with Crippen LogP contribution in [-0.4, -0.2) is 40.6 Å². The maximum atomic E-state index is 10.3. The van der Waals surface area contributed by atoms with Crippen molar-refractivity contribution in [2.75, 3.05) is 6.61 Å². The molecule has 0 rings (SSSR count). The zero-order chi connectivity index (χ0) is 13.1. The highest BCUT2D eigenvalue weighted by Crippen LogP contribution is 2.26. The Morgan fingerprint density at radius 3 is 2.12 bits per heavy atom. The number of hydrogen-bond acceptors (Lipinski definition) is 3. The summed E-state index contributed by atoms with van der Waals surface area (Å²) in [6.45, 7) is 6.51. The first-order valence-corrected chi connectivity index (χ1v) is 10.4. The molecule has 2 radical (unpaired) electrons. The Kier molecular flexibility index (Phi) is 10.4. The van der Waals surface area contributed by atoms with Gasteiger partial charge in [0.2, 0.25) is 18.1 Å². The second kappa shape index (κ2) is 10.3. The molecule has 0 aromatic heterocycles. The maximum Gasteiger partial charge on any atom is 0.215 e. The molecule has 0 fully saturated rings. The molecule has 0 saturated heterocycles. The van der Waals surface area contributed by atoms with Gasteiger partial charge in [-0.05, 0) is 24.6 Å². The Labute approximate surface area is 110 Å². The molecule has 0 aromatic rings. The second-order valence-corrected chi connectivity index (χ2v) is 9.99. The molecule has 0 aliphatic heterocycles. The van der Waals surface area contributed by atoms with Crippen LogP contribution in [0.3, 0.4) is 0 Å². The van der Waals surface area contributed by atoms with E-state index in [-0.39, 0.29) is 6.61 Å². The summed E-state index contributed by atoms with van der Waals surface area (Å²) in [6, 6.07) is 3.12. The molecule has 0 saturated carbocycles. The van der Waals surface area contributed by atoms with Crippen molar-refractivity contribution < 1.29 is 14.3 Å². The smallest absolute Gasteiger partial charge is 0.215 e. The highest BCUT2D eigenvalue weighted by Gasteiger charge is 2.40. The lowest BCUT2D eigenvalue weighted by Crippen LogP contribution is -2.51. The van der Waals surface area contributed by atoms with Crippen LogP contribution < -0.4 is 0 Å². The molecule has 0 aliphatic rings. The lowest BCUT2D eigenvalue weighted by molar-refractivity contribution is 0.170. The number of aliphatic hydroxyl groups is 2. The van der Waals surface area contributed by atoms with E-state index in [0.717, 1.165) is 37.4 Å². The minimum Gasteiger partial charge on any atom is -0.454 e. The van der Waals surface area contributed by atoms with Crippen molar-refractivity contribution in [3.8, 4) is 0 Å². The van der Waals surface area contributed by atoms with Crippen molar-refractivity contribution in [1.82, 2.24) is 0 Å². The summed E-state index contributed by atoms with van der Waals surface area (Å²) in [5.74, 6) is 0. The van der Waals surface area contributed by atoms with E-state index in [0.29, 0.717) is 16.2 Å². The van der Waals surface area contributed by atoms with Gasteiger partial charge in [0, 0.05) is 6.61 Å². The van der Waals surface area contributed by atoms with Crippen LogP contribution in [0.2, 0.25) is 18.1 Å². The molecule has 2 N–H and O–H groups in total. The molecule has 1 unspecified atom stereocenters. The monoisotopic (exact) mass is 276 g/mol. The average Bonchev–Trinajstić information content (AvgIpc) is 2.30. The van der Waals surface area contributed by atoms with Crippen LogP contribution in [-0.2, 0) is 4.12 Å². The SMILES string of the molecule is CCC[Si]O[Si](CCC)(CCC)C(O)CCO. The van der Waals surface area contributed by atoms with E-state index < -0.39 is 14.0 Å². The Morgan fingerprint density at radius 2 is 1.71 bits per heavy atom. The van der Waals surface area contributed by atoms with Gasteiger partial charge >= 0.3 is 0 Å². The third kappa shape index (κ3) is 6.15. The van der Waals surface area contributed by atoms with Gasteiger partial charge in [-0.25, -0.2) is 0 Å². The van der Waals surface area contributed by atoms with Crippen molar-refractivity contribution in [2.45, 2.75) is 70.3 Å². The van der Waals surface area contributed by atoms with E-state index >= 15 is 0 Å². The van der Waals surface area contributed by atoms with E-state index in [1.54, 1.807) is 0 Å². The van der Waals surface area contributed by atoms with Crippen LogP contribution in [0, 0.1) is 0 Å². The number of rotatable bonds is 11. The van der Waals surface area contributed by atoms with Crippen LogP contribution in [0.4, 0.5) is 0 Å². The summed E-state index contributed by atoms with van der Waals surface area (Å²) in [5, 5.41) is 19.3. The lowest BCUT2D eigenvalue weighted by atomic mass is 10.5. The summed E-state index contributed by atoms with van der Waals surface area (Å²) in [4.78, 5) is 0. The van der Waals surface area contributed by atoms with Crippen LogP contribution in [0.15, 0.2) is 0 Å². The second-order valence-electron chi connectivity index (χ2n) is 4.59. The van der Waals surface area contributed by atoms with E-state index in [2.05, 4.69) is 20.8 Å². The molecule has 0 bridgehead atoms. The van der Waals surface area contributed by atoms with Crippen molar-refractivity contribution >= 4 is 18.1 Å². The molecule has 5 heteroatoms. The van der Waals surface area contributed by atoms with Gasteiger partial charge in [0.15, 0.2) is 0 Å². The standard InChI is InChI=1S/C12H28O3Si2/c1-4-9-16-15-17(10-5-2,11-6-3)12(14)7-8-13/h12-14H,4-11H2,1-3H3. The molecule has 0 amide bonds. The van der Waals surface area contributed by atoms with Crippen LogP contribution >= 0.6 is 0 Å². The minimum absolute atomic E-state index is 0.0591. The first kappa shape index (κ1) is 17.3. The highest BCUT2D eigenvalue weighted by atomic mass is 28.4. The Bertz CT molecular complexity index is 173. The summed E-state index contributed by atoms with van der Waals surface area (Å²) < 4.78 is 6.17. The van der Waals surface area contributed by atoms with Gasteiger partial charge in [-0.15, -0.1) is 0 Å². The Hall–Kier alpha value is 0.314. The van der Waals surface area contributed by atoms with E-state index in [4.69, 9.17) is 9.22 Å². The van der Waals surface area contributed by atoms with Crippen LogP contribution in [0.25, 0.3) is 0 Å². The topological polar surface area (TPSA) is 49.7 Å². The largest absolute Gasteiger partial charge is 0.454 e. The molecule has 0 aromatic carbocycles. The predicted molar refractivity (Wildman–Crippen MR) is 75.6 cm³/mol. The van der Waals surface area contributed by atoms with Crippen LogP contribution in [0.1, 0.15) is 46.5 Å². The quantitative estimate of drug-likeness (QED) is 0.450. The number of hydrogen-bond donors (Lipinski definition) is 2. The van der Waals surface area contributed by atoms with Crippen molar-refractivity contribution in [3.63, 3.8) is 0 Å². The van der Waals surface area contributed by atoms with Gasteiger partial charge in [0.05, 0.1) is 5.73 Å². The highest BCUT2D eigenvalue weighted by molar-refractivity contribution is 6.78. The van der Waals surface area contributed by atoms with Gasteiger partial charge in [-0.3, -0.25) is 0 Å². The third-order valence-electron chi connectivity index (χ3n) is 2.98. The Balaban J connectivity index is 4.57. The lowest BCUT2D eigenvalue weighted by Gasteiger charge is -2.35. The zero-order valence-corrected chi connectivity index (χ0v) is 13.5. The van der Waals surface area contributed by atoms with Gasteiger partial charge in [0.25, 0.3) is 0 Å². The van der Waals surface area contributed by atoms with Gasteiger partial charge < -0.3 is 14.3 Å². The van der Waals surface area contributed by atoms with E-state index in [9.17, 15) is 5.11 Å². The molecule has 3 nitrogen and oxygen atoms in total. The minimum atomic E-state index is -2.05. The fourth-order valence-corrected chi connectivity index (χ4v) is 8.54. The van der Waals surface area contributed by atoms with Crippen molar-refractivity contribution in [3.05, 3.63) is 0 Å². The summed E-state index contributed by atoms with van der Waals surface area (Å²) in [5.41, 5.74) is -0.406. The first-order chi connectivity index (χ1) is 8.16. The fraction of sp³-hybridized carbons (Fsp3) is 1.00. The first-order valence-electron chi connectivity index (χ1n) is 6.86. The van der Waals surface area contributed by atoms with E-state index in [1.807, 2.05) is 0 Å². The predicted octanol–water partition coefficient (Wildman–Crippen LogP) is 2.50. The van der Waals surface area contributed by atoms with Crippen molar-refractivity contribution in [2.24, 2.45) is 0 Å². The normalized spacial score (nSPS) is 13.9. The molecule has 0 heterocycles. The van der Waals surface area contributed by atoms with Crippen molar-refractivity contribution in [1.29, 1.82) is 0 Å². The van der Waals surface area contributed by atoms with Crippen LogP contribution in [0.5, 0.6) is 0 Å². The molecular formula is C12H28O3Si2.